The Morgan fingerprint density at radius 2 is 2.44 bits per heavy atom. The molecule has 16 heavy (non-hydrogen) atoms. The molecule has 6 heteroatoms. The van der Waals surface area contributed by atoms with Gasteiger partial charge < -0.3 is 0 Å². The molecule has 0 radical (unpaired) electrons. The van der Waals surface area contributed by atoms with Crippen molar-refractivity contribution in [3.8, 4) is 5.13 Å². The second-order valence-electron chi connectivity index (χ2n) is 3.37. The van der Waals surface area contributed by atoms with E-state index in [9.17, 15) is 4.79 Å². The van der Waals surface area contributed by atoms with Gasteiger partial charge in [-0.05, 0) is 12.8 Å². The van der Waals surface area contributed by atoms with Gasteiger partial charge in [0.05, 0.1) is 5.69 Å². The lowest BCUT2D eigenvalue weighted by Crippen LogP contribution is -2.03. The zero-order valence-electron chi connectivity index (χ0n) is 8.96. The fourth-order valence-corrected chi connectivity index (χ4v) is 2.07. The van der Waals surface area contributed by atoms with Crippen LogP contribution in [-0.2, 0) is 6.42 Å². The van der Waals surface area contributed by atoms with E-state index in [4.69, 9.17) is 0 Å². The molecule has 2 heterocycles. The van der Waals surface area contributed by atoms with Gasteiger partial charge in [0.1, 0.15) is 5.69 Å². The zero-order chi connectivity index (χ0) is 11.4. The molecule has 2 aromatic rings. The molecule has 2 rings (SSSR count). The van der Waals surface area contributed by atoms with Crippen LogP contribution in [0.5, 0.6) is 0 Å². The molecule has 0 aliphatic carbocycles. The molecule has 0 saturated heterocycles. The van der Waals surface area contributed by atoms with E-state index in [1.807, 2.05) is 5.38 Å². The molecule has 0 spiro atoms. The van der Waals surface area contributed by atoms with E-state index in [1.54, 1.807) is 10.9 Å². The van der Waals surface area contributed by atoms with Gasteiger partial charge in [0, 0.05) is 11.6 Å². The van der Waals surface area contributed by atoms with Crippen LogP contribution >= 0.6 is 11.3 Å². The largest absolute Gasteiger partial charge is 0.296 e. The minimum Gasteiger partial charge on any atom is -0.296 e. The molecule has 0 aromatic carbocycles. The van der Waals surface area contributed by atoms with Gasteiger partial charge in [0.2, 0.25) is 5.13 Å². The number of aromatic nitrogens is 4. The van der Waals surface area contributed by atoms with Gasteiger partial charge in [0.25, 0.3) is 0 Å². The second-order valence-corrected chi connectivity index (χ2v) is 4.24. The standard InChI is InChI=1S/C10H12N4OS/c1-2-3-4-9-8(7-15)12-13-14(9)10-11-5-6-16-10/h5-7H,2-4H2,1H3. The van der Waals surface area contributed by atoms with E-state index in [-0.39, 0.29) is 0 Å². The molecule has 0 unspecified atom stereocenters. The second kappa shape index (κ2) is 4.98. The van der Waals surface area contributed by atoms with Gasteiger partial charge in [-0.15, -0.1) is 16.4 Å². The van der Waals surface area contributed by atoms with Crippen LogP contribution in [-0.4, -0.2) is 26.3 Å². The average Bonchev–Trinajstić information content (AvgIpc) is 2.94. The molecule has 0 N–H and O–H groups in total. The van der Waals surface area contributed by atoms with Crippen molar-refractivity contribution in [1.29, 1.82) is 0 Å². The van der Waals surface area contributed by atoms with Gasteiger partial charge >= 0.3 is 0 Å². The van der Waals surface area contributed by atoms with E-state index >= 15 is 0 Å². The number of nitrogens with zero attached hydrogens (tertiary/aromatic N) is 4. The molecule has 84 valence electrons. The molecule has 0 atom stereocenters. The molecule has 0 bridgehead atoms. The summed E-state index contributed by atoms with van der Waals surface area (Å²) in [5, 5.41) is 10.5. The SMILES string of the molecule is CCCCc1c(C=O)nnn1-c1nccs1. The van der Waals surface area contributed by atoms with Crippen molar-refractivity contribution in [2.24, 2.45) is 0 Å². The monoisotopic (exact) mass is 236 g/mol. The Kier molecular flexibility index (Phi) is 3.40. The Bertz CT molecular complexity index is 463. The van der Waals surface area contributed by atoms with Gasteiger partial charge in [-0.3, -0.25) is 4.79 Å². The molecule has 0 fully saturated rings. The summed E-state index contributed by atoms with van der Waals surface area (Å²) >= 11 is 1.48. The number of thiazole rings is 1. The van der Waals surface area contributed by atoms with Crippen molar-refractivity contribution >= 4 is 17.6 Å². The first-order chi connectivity index (χ1) is 7.86. The van der Waals surface area contributed by atoms with E-state index in [1.165, 1.54) is 11.3 Å². The normalized spacial score (nSPS) is 10.6. The summed E-state index contributed by atoms with van der Waals surface area (Å²) < 4.78 is 1.66. The predicted octanol–water partition coefficient (Wildman–Crippen LogP) is 1.88. The molecule has 2 aromatic heterocycles. The average molecular weight is 236 g/mol. The van der Waals surface area contributed by atoms with Gasteiger partial charge in [0.15, 0.2) is 6.29 Å². The Morgan fingerprint density at radius 1 is 1.56 bits per heavy atom. The highest BCUT2D eigenvalue weighted by molar-refractivity contribution is 7.12. The molecule has 5 nitrogen and oxygen atoms in total. The Balaban J connectivity index is 2.37. The van der Waals surface area contributed by atoms with E-state index in [0.717, 1.165) is 36.4 Å². The Morgan fingerprint density at radius 3 is 3.06 bits per heavy atom. The van der Waals surface area contributed by atoms with E-state index in [2.05, 4.69) is 22.2 Å². The molecule has 0 aliphatic heterocycles. The number of hydrogen-bond acceptors (Lipinski definition) is 5. The highest BCUT2D eigenvalue weighted by Crippen LogP contribution is 2.16. The maximum atomic E-state index is 10.8. The zero-order valence-corrected chi connectivity index (χ0v) is 9.78. The van der Waals surface area contributed by atoms with Crippen LogP contribution < -0.4 is 0 Å². The number of carbonyl (C=O) groups is 1. The van der Waals surface area contributed by atoms with Crippen LogP contribution in [0.3, 0.4) is 0 Å². The van der Waals surface area contributed by atoms with E-state index in [0.29, 0.717) is 5.69 Å². The van der Waals surface area contributed by atoms with Crippen LogP contribution in [0.2, 0.25) is 0 Å². The van der Waals surface area contributed by atoms with Crippen LogP contribution in [0.15, 0.2) is 11.6 Å². The van der Waals surface area contributed by atoms with Crippen LogP contribution in [0.25, 0.3) is 5.13 Å². The van der Waals surface area contributed by atoms with Gasteiger partial charge in [-0.1, -0.05) is 18.6 Å². The van der Waals surface area contributed by atoms with Crippen molar-refractivity contribution in [2.45, 2.75) is 26.2 Å². The third-order valence-electron chi connectivity index (χ3n) is 2.27. The topological polar surface area (TPSA) is 60.7 Å². The summed E-state index contributed by atoms with van der Waals surface area (Å²) in [5.74, 6) is 0. The minimum atomic E-state index is 0.420. The Hall–Kier alpha value is -1.56. The summed E-state index contributed by atoms with van der Waals surface area (Å²) in [6.45, 7) is 2.11. The number of hydrogen-bond donors (Lipinski definition) is 0. The molecule has 0 aliphatic rings. The lowest BCUT2D eigenvalue weighted by molar-refractivity contribution is 0.111. The summed E-state index contributed by atoms with van der Waals surface area (Å²) in [5.41, 5.74) is 1.27. The number of carbonyl (C=O) groups excluding carboxylic acids is 1. The third kappa shape index (κ3) is 2.01. The first-order valence-corrected chi connectivity index (χ1v) is 6.04. The van der Waals surface area contributed by atoms with Crippen LogP contribution in [0.4, 0.5) is 0 Å². The first-order valence-electron chi connectivity index (χ1n) is 5.16. The summed E-state index contributed by atoms with van der Waals surface area (Å²) in [4.78, 5) is 15.0. The van der Waals surface area contributed by atoms with Crippen molar-refractivity contribution in [1.82, 2.24) is 20.0 Å². The Labute approximate surface area is 97.1 Å². The quantitative estimate of drug-likeness (QED) is 0.744. The molecular weight excluding hydrogens is 224 g/mol. The van der Waals surface area contributed by atoms with E-state index < -0.39 is 0 Å². The lowest BCUT2D eigenvalue weighted by Gasteiger charge is -2.01. The maximum Gasteiger partial charge on any atom is 0.211 e. The van der Waals surface area contributed by atoms with Gasteiger partial charge in [-0.2, -0.15) is 4.68 Å². The fourth-order valence-electron chi connectivity index (χ4n) is 1.46. The summed E-state index contributed by atoms with van der Waals surface area (Å²) in [7, 11) is 0. The predicted molar refractivity (Wildman–Crippen MR) is 61.0 cm³/mol. The molecular formula is C10H12N4OS. The lowest BCUT2D eigenvalue weighted by atomic mass is 10.2. The highest BCUT2D eigenvalue weighted by Gasteiger charge is 2.14. The van der Waals surface area contributed by atoms with Crippen molar-refractivity contribution in [2.75, 3.05) is 0 Å². The highest BCUT2D eigenvalue weighted by atomic mass is 32.1. The van der Waals surface area contributed by atoms with Crippen LogP contribution in [0.1, 0.15) is 35.9 Å². The maximum absolute atomic E-state index is 10.8. The fraction of sp³-hybridized carbons (Fsp3) is 0.400. The first kappa shape index (κ1) is 10.9. The third-order valence-corrected chi connectivity index (χ3v) is 3.02. The smallest absolute Gasteiger partial charge is 0.211 e. The minimum absolute atomic E-state index is 0.420. The van der Waals surface area contributed by atoms with Crippen molar-refractivity contribution in [3.05, 3.63) is 23.0 Å². The summed E-state index contributed by atoms with van der Waals surface area (Å²) in [6, 6.07) is 0. The molecule has 0 saturated carbocycles. The number of unbranched alkanes of at least 4 members (excludes halogenated alkanes) is 1. The summed E-state index contributed by atoms with van der Waals surface area (Å²) in [6.07, 6.45) is 5.35. The van der Waals surface area contributed by atoms with Gasteiger partial charge in [-0.25, -0.2) is 4.98 Å². The van der Waals surface area contributed by atoms with Crippen molar-refractivity contribution in [3.63, 3.8) is 0 Å². The van der Waals surface area contributed by atoms with Crippen molar-refractivity contribution < 1.29 is 4.79 Å². The number of rotatable bonds is 5. The number of aldehydes is 1. The molecule has 0 amide bonds. The van der Waals surface area contributed by atoms with Crippen LogP contribution in [0, 0.1) is 0 Å².